The van der Waals surface area contributed by atoms with Gasteiger partial charge in [-0.3, -0.25) is 4.79 Å². The van der Waals surface area contributed by atoms with Crippen LogP contribution < -0.4 is 5.32 Å². The number of hydrogen-bond donors (Lipinski definition) is 6. The van der Waals surface area contributed by atoms with E-state index in [0.717, 1.165) is 44.9 Å². The third-order valence-corrected chi connectivity index (χ3v) is 13.6. The molecule has 0 saturated carbocycles. The maximum atomic E-state index is 13.0. The minimum Gasteiger partial charge on any atom is -0.394 e. The molecule has 0 aromatic rings. The zero-order valence-corrected chi connectivity index (χ0v) is 42.5. The van der Waals surface area contributed by atoms with Crippen LogP contribution >= 0.6 is 0 Å². The fraction of sp³-hybridized carbons (Fsp3) is 0.911. The quantitative estimate of drug-likeness (QED) is 0.0261. The number of amides is 1. The van der Waals surface area contributed by atoms with E-state index >= 15 is 0 Å². The van der Waals surface area contributed by atoms with Crippen molar-refractivity contribution in [1.82, 2.24) is 5.32 Å². The van der Waals surface area contributed by atoms with Gasteiger partial charge in [-0.05, 0) is 44.9 Å². The molecule has 384 valence electrons. The Morgan fingerprint density at radius 2 is 0.908 bits per heavy atom. The van der Waals surface area contributed by atoms with Gasteiger partial charge < -0.3 is 40.3 Å². The number of aliphatic hydroxyl groups excluding tert-OH is 5. The number of hydrogen-bond acceptors (Lipinski definition) is 8. The monoisotopic (exact) mass is 922 g/mol. The average molecular weight is 922 g/mol. The topological polar surface area (TPSA) is 149 Å². The van der Waals surface area contributed by atoms with Crippen molar-refractivity contribution in [2.24, 2.45) is 0 Å². The highest BCUT2D eigenvalue weighted by Gasteiger charge is 2.44. The molecular weight excluding hydrogens is 815 g/mol. The molecule has 1 aliphatic heterocycles. The van der Waals surface area contributed by atoms with E-state index in [2.05, 4.69) is 43.5 Å². The van der Waals surface area contributed by atoms with Gasteiger partial charge in [0.25, 0.3) is 0 Å². The first-order valence-electron chi connectivity index (χ1n) is 28.0. The summed E-state index contributed by atoms with van der Waals surface area (Å²) in [5.74, 6) is -0.141. The highest BCUT2D eigenvalue weighted by Crippen LogP contribution is 2.23. The number of nitrogens with one attached hydrogen (secondary N) is 1. The van der Waals surface area contributed by atoms with E-state index in [1.807, 2.05) is 0 Å². The molecule has 0 spiro atoms. The Labute approximate surface area is 400 Å². The number of carbonyl (C=O) groups excluding carboxylic acids is 1. The van der Waals surface area contributed by atoms with Crippen molar-refractivity contribution in [2.75, 3.05) is 13.2 Å². The summed E-state index contributed by atoms with van der Waals surface area (Å²) in [5.41, 5.74) is 0. The summed E-state index contributed by atoms with van der Waals surface area (Å²) in [7, 11) is 0. The molecule has 1 rings (SSSR count). The summed E-state index contributed by atoms with van der Waals surface area (Å²) >= 11 is 0. The van der Waals surface area contributed by atoms with Gasteiger partial charge in [-0.15, -0.1) is 0 Å². The minimum absolute atomic E-state index is 0.134. The van der Waals surface area contributed by atoms with Crippen molar-refractivity contribution < 1.29 is 39.8 Å². The van der Waals surface area contributed by atoms with Gasteiger partial charge >= 0.3 is 0 Å². The van der Waals surface area contributed by atoms with Crippen LogP contribution in [0.2, 0.25) is 0 Å². The van der Waals surface area contributed by atoms with Crippen LogP contribution in [0, 0.1) is 0 Å². The summed E-state index contributed by atoms with van der Waals surface area (Å²) in [6, 6.07) is -0.715. The SMILES string of the molecule is CCCCCCC/C=C\C/C=C\CCCCCCCCCCCCCCCCCCCC(=O)NC(COC1OC(CO)C(O)C(O)C1O)C(O)CCCCCCCCCCCCCCC. The molecule has 0 aromatic heterocycles. The van der Waals surface area contributed by atoms with E-state index in [1.54, 1.807) is 0 Å². The molecule has 1 aliphatic rings. The van der Waals surface area contributed by atoms with Crippen LogP contribution in [0.25, 0.3) is 0 Å². The molecule has 0 aliphatic carbocycles. The molecule has 7 atom stereocenters. The summed E-state index contributed by atoms with van der Waals surface area (Å²) in [4.78, 5) is 13.0. The Morgan fingerprint density at radius 3 is 1.32 bits per heavy atom. The Morgan fingerprint density at radius 1 is 0.523 bits per heavy atom. The van der Waals surface area contributed by atoms with E-state index in [9.17, 15) is 30.3 Å². The predicted octanol–water partition coefficient (Wildman–Crippen LogP) is 13.4. The van der Waals surface area contributed by atoms with Crippen molar-refractivity contribution in [3.05, 3.63) is 24.3 Å². The molecule has 7 unspecified atom stereocenters. The molecular formula is C56H107NO8. The number of rotatable bonds is 48. The van der Waals surface area contributed by atoms with Gasteiger partial charge in [-0.1, -0.05) is 244 Å². The molecule has 6 N–H and O–H groups in total. The molecule has 9 heteroatoms. The van der Waals surface area contributed by atoms with E-state index in [1.165, 1.54) is 199 Å². The summed E-state index contributed by atoms with van der Waals surface area (Å²) in [5, 5.41) is 54.5. The molecule has 1 saturated heterocycles. The molecule has 0 aromatic carbocycles. The van der Waals surface area contributed by atoms with Crippen molar-refractivity contribution in [2.45, 2.75) is 314 Å². The van der Waals surface area contributed by atoms with Crippen LogP contribution in [0.3, 0.4) is 0 Å². The van der Waals surface area contributed by atoms with Gasteiger partial charge in [-0.2, -0.15) is 0 Å². The van der Waals surface area contributed by atoms with Crippen molar-refractivity contribution in [3.8, 4) is 0 Å². The maximum absolute atomic E-state index is 13.0. The zero-order chi connectivity index (χ0) is 47.3. The van der Waals surface area contributed by atoms with Crippen molar-refractivity contribution in [1.29, 1.82) is 0 Å². The third-order valence-electron chi connectivity index (χ3n) is 13.6. The number of unbranched alkanes of at least 4 members (excludes halogenated alkanes) is 34. The average Bonchev–Trinajstić information content (AvgIpc) is 3.31. The first-order valence-corrected chi connectivity index (χ1v) is 28.0. The van der Waals surface area contributed by atoms with Crippen molar-refractivity contribution in [3.63, 3.8) is 0 Å². The first kappa shape index (κ1) is 61.7. The Bertz CT molecular complexity index is 1070. The molecule has 1 heterocycles. The maximum Gasteiger partial charge on any atom is 0.220 e. The standard InChI is InChI=1S/C56H107NO8/c1-3-5-7-9-11-13-15-17-18-19-20-21-22-23-24-25-26-27-28-29-30-31-32-34-36-38-40-42-44-46-52(60)57-49(48-64-56-55(63)54(62)53(61)51(47-58)65-56)50(59)45-43-41-39-37-35-33-16-14-12-10-8-6-4-2/h15,17,19-20,49-51,53-56,58-59,61-63H,3-14,16,18,21-48H2,1-2H3,(H,57,60)/b17-15-,20-19-. The second-order valence-electron chi connectivity index (χ2n) is 19.7. The summed E-state index contributed by atoms with van der Waals surface area (Å²) in [6.07, 6.45) is 50.7. The minimum atomic E-state index is -1.55. The van der Waals surface area contributed by atoms with Crippen LogP contribution in [0.1, 0.15) is 271 Å². The Kier molecular flexibility index (Phi) is 44.0. The predicted molar refractivity (Wildman–Crippen MR) is 272 cm³/mol. The lowest BCUT2D eigenvalue weighted by atomic mass is 9.99. The molecule has 0 radical (unpaired) electrons. The fourth-order valence-corrected chi connectivity index (χ4v) is 9.08. The van der Waals surface area contributed by atoms with Gasteiger partial charge in [0.05, 0.1) is 25.4 Å². The van der Waals surface area contributed by atoms with Crippen LogP contribution in [0.15, 0.2) is 24.3 Å². The lowest BCUT2D eigenvalue weighted by molar-refractivity contribution is -0.302. The summed E-state index contributed by atoms with van der Waals surface area (Å²) < 4.78 is 11.3. The molecule has 65 heavy (non-hydrogen) atoms. The van der Waals surface area contributed by atoms with Gasteiger partial charge in [-0.25, -0.2) is 0 Å². The first-order chi connectivity index (χ1) is 31.8. The van der Waals surface area contributed by atoms with E-state index in [0.29, 0.717) is 12.8 Å². The number of ether oxygens (including phenoxy) is 2. The fourth-order valence-electron chi connectivity index (χ4n) is 9.08. The number of carbonyl (C=O) groups is 1. The summed E-state index contributed by atoms with van der Waals surface area (Å²) in [6.45, 7) is 3.84. The molecule has 1 fully saturated rings. The highest BCUT2D eigenvalue weighted by molar-refractivity contribution is 5.76. The molecule has 9 nitrogen and oxygen atoms in total. The Balaban J connectivity index is 2.14. The Hall–Kier alpha value is -1.33. The smallest absolute Gasteiger partial charge is 0.220 e. The lowest BCUT2D eigenvalue weighted by Gasteiger charge is -2.40. The highest BCUT2D eigenvalue weighted by atomic mass is 16.7. The zero-order valence-electron chi connectivity index (χ0n) is 42.5. The molecule has 1 amide bonds. The van der Waals surface area contributed by atoms with Crippen LogP contribution in [-0.2, 0) is 14.3 Å². The van der Waals surface area contributed by atoms with Crippen LogP contribution in [0.5, 0.6) is 0 Å². The lowest BCUT2D eigenvalue weighted by Crippen LogP contribution is -2.60. The third kappa shape index (κ3) is 36.3. The second-order valence-corrected chi connectivity index (χ2v) is 19.7. The van der Waals surface area contributed by atoms with Crippen LogP contribution in [-0.4, -0.2) is 87.5 Å². The normalized spacial score (nSPS) is 20.0. The largest absolute Gasteiger partial charge is 0.394 e. The van der Waals surface area contributed by atoms with E-state index in [-0.39, 0.29) is 12.5 Å². The van der Waals surface area contributed by atoms with Crippen molar-refractivity contribution >= 4 is 5.91 Å². The van der Waals surface area contributed by atoms with Gasteiger partial charge in [0, 0.05) is 6.42 Å². The van der Waals surface area contributed by atoms with Gasteiger partial charge in [0.15, 0.2) is 6.29 Å². The van der Waals surface area contributed by atoms with E-state index < -0.39 is 49.5 Å². The number of aliphatic hydroxyl groups is 5. The number of allylic oxidation sites excluding steroid dienone is 4. The second kappa shape index (κ2) is 46.4. The van der Waals surface area contributed by atoms with Gasteiger partial charge in [0.2, 0.25) is 5.91 Å². The van der Waals surface area contributed by atoms with E-state index in [4.69, 9.17) is 9.47 Å². The van der Waals surface area contributed by atoms with Gasteiger partial charge in [0.1, 0.15) is 24.4 Å². The van der Waals surface area contributed by atoms with Crippen LogP contribution in [0.4, 0.5) is 0 Å². The molecule has 0 bridgehead atoms.